The van der Waals surface area contributed by atoms with E-state index < -0.39 is 4.92 Å². The molecule has 0 saturated carbocycles. The monoisotopic (exact) mass is 306 g/mol. The number of hydrogen-bond donors (Lipinski definition) is 1. The third-order valence-electron chi connectivity index (χ3n) is 3.44. The topological polar surface area (TPSA) is 94.9 Å². The molecule has 6 nitrogen and oxygen atoms in total. The Labute approximate surface area is 132 Å². The maximum Gasteiger partial charge on any atom is 0.270 e. The number of nitrogens with two attached hydrogens (primary N) is 1. The van der Waals surface area contributed by atoms with E-state index in [0.29, 0.717) is 17.0 Å². The molecule has 1 heterocycles. The second-order valence-electron chi connectivity index (χ2n) is 5.17. The summed E-state index contributed by atoms with van der Waals surface area (Å²) >= 11 is 0. The highest BCUT2D eigenvalue weighted by Crippen LogP contribution is 2.26. The van der Waals surface area contributed by atoms with Gasteiger partial charge in [-0.3, -0.25) is 10.1 Å². The first-order chi connectivity index (χ1) is 11.0. The number of anilines is 1. The molecule has 3 rings (SSSR count). The summed E-state index contributed by atoms with van der Waals surface area (Å²) in [5.74, 6) is 0.129. The van der Waals surface area contributed by atoms with E-state index in [1.165, 1.54) is 12.1 Å². The number of nitrogens with zero attached hydrogens (tertiary/aromatic N) is 3. The molecule has 114 valence electrons. The zero-order chi connectivity index (χ0) is 16.4. The number of nitrogen functional groups attached to an aromatic ring is 1. The maximum atomic E-state index is 10.9. The molecule has 6 heteroatoms. The Balaban J connectivity index is 2.09. The summed E-state index contributed by atoms with van der Waals surface area (Å²) in [6, 6.07) is 15.9. The van der Waals surface area contributed by atoms with Crippen LogP contribution in [0.5, 0.6) is 0 Å². The fourth-order valence-corrected chi connectivity index (χ4v) is 2.26. The highest BCUT2D eigenvalue weighted by atomic mass is 16.6. The summed E-state index contributed by atoms with van der Waals surface area (Å²) in [5, 5.41) is 10.9. The largest absolute Gasteiger partial charge is 0.368 e. The van der Waals surface area contributed by atoms with Crippen molar-refractivity contribution in [2.75, 3.05) is 5.73 Å². The summed E-state index contributed by atoms with van der Waals surface area (Å²) in [6.45, 7) is 2.01. The van der Waals surface area contributed by atoms with Crippen LogP contribution >= 0.6 is 0 Å². The zero-order valence-corrected chi connectivity index (χ0v) is 12.4. The maximum absolute atomic E-state index is 10.9. The van der Waals surface area contributed by atoms with Crippen LogP contribution in [0.4, 0.5) is 11.6 Å². The van der Waals surface area contributed by atoms with Crippen molar-refractivity contribution >= 4 is 11.6 Å². The Morgan fingerprint density at radius 2 is 1.61 bits per heavy atom. The van der Waals surface area contributed by atoms with Crippen molar-refractivity contribution in [3.63, 3.8) is 0 Å². The van der Waals surface area contributed by atoms with Gasteiger partial charge in [0.2, 0.25) is 5.95 Å². The van der Waals surface area contributed by atoms with Gasteiger partial charge >= 0.3 is 0 Å². The molecule has 0 bridgehead atoms. The summed E-state index contributed by atoms with van der Waals surface area (Å²) in [5.41, 5.74) is 9.74. The summed E-state index contributed by atoms with van der Waals surface area (Å²) in [7, 11) is 0. The van der Waals surface area contributed by atoms with Gasteiger partial charge in [-0.25, -0.2) is 9.97 Å². The number of benzene rings is 2. The zero-order valence-electron chi connectivity index (χ0n) is 12.4. The molecule has 0 aliphatic heterocycles. The molecule has 0 radical (unpaired) electrons. The van der Waals surface area contributed by atoms with Crippen LogP contribution in [-0.2, 0) is 0 Å². The van der Waals surface area contributed by atoms with Crippen molar-refractivity contribution in [1.82, 2.24) is 9.97 Å². The van der Waals surface area contributed by atoms with Gasteiger partial charge in [0.1, 0.15) is 0 Å². The Morgan fingerprint density at radius 1 is 0.957 bits per heavy atom. The molecule has 0 aliphatic carbocycles. The molecule has 0 saturated heterocycles. The first kappa shape index (κ1) is 14.6. The van der Waals surface area contributed by atoms with Crippen molar-refractivity contribution in [1.29, 1.82) is 0 Å². The molecule has 0 aliphatic rings. The van der Waals surface area contributed by atoms with E-state index in [4.69, 9.17) is 5.73 Å². The standard InChI is InChI=1S/C17H14N4O2/c1-11-5-7-12(8-6-11)15-10-16(20-17(18)19-15)13-3-2-4-14(9-13)21(22)23/h2-10H,1H3,(H2,18,19,20). The van der Waals surface area contributed by atoms with Crippen LogP contribution in [0.25, 0.3) is 22.5 Å². The lowest BCUT2D eigenvalue weighted by molar-refractivity contribution is -0.384. The molecule has 2 aromatic carbocycles. The second kappa shape index (κ2) is 5.84. The molecule has 0 fully saturated rings. The van der Waals surface area contributed by atoms with E-state index in [-0.39, 0.29) is 11.6 Å². The van der Waals surface area contributed by atoms with Crippen molar-refractivity contribution in [3.8, 4) is 22.5 Å². The molecule has 2 N–H and O–H groups in total. The Bertz CT molecular complexity index is 876. The molecule has 0 spiro atoms. The van der Waals surface area contributed by atoms with Gasteiger partial charge in [0.25, 0.3) is 5.69 Å². The van der Waals surface area contributed by atoms with E-state index in [9.17, 15) is 10.1 Å². The average molecular weight is 306 g/mol. The van der Waals surface area contributed by atoms with Gasteiger partial charge in [-0.2, -0.15) is 0 Å². The van der Waals surface area contributed by atoms with E-state index >= 15 is 0 Å². The van der Waals surface area contributed by atoms with E-state index in [2.05, 4.69) is 9.97 Å². The third-order valence-corrected chi connectivity index (χ3v) is 3.44. The van der Waals surface area contributed by atoms with Gasteiger partial charge in [-0.15, -0.1) is 0 Å². The Morgan fingerprint density at radius 3 is 2.26 bits per heavy atom. The lowest BCUT2D eigenvalue weighted by atomic mass is 10.1. The van der Waals surface area contributed by atoms with Crippen molar-refractivity contribution in [2.24, 2.45) is 0 Å². The van der Waals surface area contributed by atoms with Crippen LogP contribution < -0.4 is 5.73 Å². The average Bonchev–Trinajstić information content (AvgIpc) is 2.55. The molecular formula is C17H14N4O2. The lowest BCUT2D eigenvalue weighted by Crippen LogP contribution is -1.99. The molecule has 0 unspecified atom stereocenters. The van der Waals surface area contributed by atoms with Crippen molar-refractivity contribution in [2.45, 2.75) is 6.92 Å². The van der Waals surface area contributed by atoms with Gasteiger partial charge < -0.3 is 5.73 Å². The minimum absolute atomic E-state index is 0.0107. The molecule has 1 aromatic heterocycles. The van der Waals surface area contributed by atoms with Gasteiger partial charge in [0.15, 0.2) is 0 Å². The number of aryl methyl sites for hydroxylation is 1. The summed E-state index contributed by atoms with van der Waals surface area (Å²) < 4.78 is 0. The molecule has 0 amide bonds. The molecule has 23 heavy (non-hydrogen) atoms. The number of nitro benzene ring substituents is 1. The van der Waals surface area contributed by atoms with E-state index in [0.717, 1.165) is 11.1 Å². The van der Waals surface area contributed by atoms with Crippen LogP contribution in [0.2, 0.25) is 0 Å². The van der Waals surface area contributed by atoms with E-state index in [1.807, 2.05) is 31.2 Å². The van der Waals surface area contributed by atoms with E-state index in [1.54, 1.807) is 18.2 Å². The molecule has 0 atom stereocenters. The van der Waals surface area contributed by atoms with Crippen LogP contribution in [-0.4, -0.2) is 14.9 Å². The minimum Gasteiger partial charge on any atom is -0.368 e. The Hall–Kier alpha value is -3.28. The third kappa shape index (κ3) is 3.16. The molecular weight excluding hydrogens is 292 g/mol. The highest BCUT2D eigenvalue weighted by Gasteiger charge is 2.11. The number of nitro groups is 1. The lowest BCUT2D eigenvalue weighted by Gasteiger charge is -2.07. The first-order valence-electron chi connectivity index (χ1n) is 6.99. The van der Waals surface area contributed by atoms with Crippen LogP contribution in [0.15, 0.2) is 54.6 Å². The van der Waals surface area contributed by atoms with Gasteiger partial charge in [-0.1, -0.05) is 42.0 Å². The second-order valence-corrected chi connectivity index (χ2v) is 5.17. The highest BCUT2D eigenvalue weighted by molar-refractivity contribution is 5.70. The van der Waals surface area contributed by atoms with Crippen LogP contribution in [0.1, 0.15) is 5.56 Å². The van der Waals surface area contributed by atoms with Crippen LogP contribution in [0.3, 0.4) is 0 Å². The minimum atomic E-state index is -0.436. The van der Waals surface area contributed by atoms with Gasteiger partial charge in [-0.05, 0) is 13.0 Å². The van der Waals surface area contributed by atoms with Gasteiger partial charge in [0.05, 0.1) is 16.3 Å². The predicted molar refractivity (Wildman–Crippen MR) is 88.7 cm³/mol. The predicted octanol–water partition coefficient (Wildman–Crippen LogP) is 3.61. The fraction of sp³-hybridized carbons (Fsp3) is 0.0588. The van der Waals surface area contributed by atoms with Crippen molar-refractivity contribution < 1.29 is 4.92 Å². The SMILES string of the molecule is Cc1ccc(-c2cc(-c3cccc([N+](=O)[O-])c3)nc(N)n2)cc1. The first-order valence-corrected chi connectivity index (χ1v) is 6.99. The molecule has 3 aromatic rings. The number of non-ortho nitro benzene ring substituents is 1. The van der Waals surface area contributed by atoms with Crippen molar-refractivity contribution in [3.05, 3.63) is 70.3 Å². The number of hydrogen-bond acceptors (Lipinski definition) is 5. The number of rotatable bonds is 3. The van der Waals surface area contributed by atoms with Crippen LogP contribution in [0, 0.1) is 17.0 Å². The number of aromatic nitrogens is 2. The summed E-state index contributed by atoms with van der Waals surface area (Å²) in [4.78, 5) is 18.9. The smallest absolute Gasteiger partial charge is 0.270 e. The Kier molecular flexibility index (Phi) is 3.72. The summed E-state index contributed by atoms with van der Waals surface area (Å²) in [6.07, 6.45) is 0. The quantitative estimate of drug-likeness (QED) is 0.589. The fourth-order valence-electron chi connectivity index (χ4n) is 2.26. The van der Waals surface area contributed by atoms with Gasteiger partial charge in [0, 0.05) is 23.3 Å². The normalized spacial score (nSPS) is 10.5.